The predicted molar refractivity (Wildman–Crippen MR) is 137 cm³/mol. The molecule has 3 rings (SSSR count). The van der Waals surface area contributed by atoms with Gasteiger partial charge < -0.3 is 14.8 Å². The lowest BCUT2D eigenvalue weighted by Gasteiger charge is -2.14. The van der Waals surface area contributed by atoms with Crippen LogP contribution >= 0.6 is 31.9 Å². The van der Waals surface area contributed by atoms with Crippen molar-refractivity contribution < 1.29 is 18.7 Å². The van der Waals surface area contributed by atoms with Gasteiger partial charge in [-0.1, -0.05) is 44.0 Å². The zero-order valence-electron chi connectivity index (χ0n) is 18.5. The van der Waals surface area contributed by atoms with Crippen LogP contribution in [0.4, 0.5) is 10.1 Å². The van der Waals surface area contributed by atoms with Crippen molar-refractivity contribution in [1.82, 2.24) is 0 Å². The zero-order chi connectivity index (χ0) is 24.7. The van der Waals surface area contributed by atoms with E-state index in [1.165, 1.54) is 18.2 Å². The second-order valence-corrected chi connectivity index (χ2v) is 9.02. The highest BCUT2D eigenvalue weighted by atomic mass is 79.9. The third-order valence-corrected chi connectivity index (χ3v) is 5.95. The summed E-state index contributed by atoms with van der Waals surface area (Å²) in [4.78, 5) is 12.7. The highest BCUT2D eigenvalue weighted by molar-refractivity contribution is 9.10. The van der Waals surface area contributed by atoms with E-state index in [1.807, 2.05) is 32.0 Å². The minimum atomic E-state index is -0.519. The number of rotatable bonds is 8. The molecule has 1 N–H and O–H groups in total. The van der Waals surface area contributed by atoms with Crippen LogP contribution in [0.25, 0.3) is 6.08 Å². The van der Waals surface area contributed by atoms with E-state index in [4.69, 9.17) is 9.47 Å². The molecule has 1 amide bonds. The largest absolute Gasteiger partial charge is 0.490 e. The summed E-state index contributed by atoms with van der Waals surface area (Å²) in [5, 5.41) is 12.4. The Morgan fingerprint density at radius 1 is 1.09 bits per heavy atom. The van der Waals surface area contributed by atoms with Crippen LogP contribution in [-0.4, -0.2) is 12.5 Å². The Labute approximate surface area is 214 Å². The van der Waals surface area contributed by atoms with Crippen molar-refractivity contribution in [1.29, 1.82) is 5.26 Å². The molecule has 3 aromatic carbocycles. The topological polar surface area (TPSA) is 71.3 Å². The van der Waals surface area contributed by atoms with E-state index in [9.17, 15) is 14.4 Å². The fraction of sp³-hybridized carbons (Fsp3) is 0.154. The van der Waals surface area contributed by atoms with Gasteiger partial charge in [0.2, 0.25) is 0 Å². The van der Waals surface area contributed by atoms with Crippen molar-refractivity contribution in [3.63, 3.8) is 0 Å². The summed E-state index contributed by atoms with van der Waals surface area (Å²) in [5.74, 6) is 0.101. The van der Waals surface area contributed by atoms with E-state index in [0.29, 0.717) is 33.8 Å². The van der Waals surface area contributed by atoms with Crippen LogP contribution in [-0.2, 0) is 11.4 Å². The monoisotopic (exact) mass is 586 g/mol. The molecule has 174 valence electrons. The zero-order valence-corrected chi connectivity index (χ0v) is 21.7. The van der Waals surface area contributed by atoms with E-state index in [-0.39, 0.29) is 18.0 Å². The molecule has 0 saturated carbocycles. The van der Waals surface area contributed by atoms with Crippen molar-refractivity contribution >= 4 is 49.5 Å². The Morgan fingerprint density at radius 3 is 2.44 bits per heavy atom. The fourth-order valence-electron chi connectivity index (χ4n) is 3.05. The lowest BCUT2D eigenvalue weighted by molar-refractivity contribution is -0.112. The van der Waals surface area contributed by atoms with Crippen molar-refractivity contribution in [3.8, 4) is 17.6 Å². The number of benzene rings is 3. The maximum Gasteiger partial charge on any atom is 0.266 e. The average Bonchev–Trinajstić information content (AvgIpc) is 2.81. The highest BCUT2D eigenvalue weighted by Gasteiger charge is 2.15. The lowest BCUT2D eigenvalue weighted by atomic mass is 10.1. The Kier molecular flexibility index (Phi) is 8.85. The van der Waals surface area contributed by atoms with Gasteiger partial charge in [-0.2, -0.15) is 5.26 Å². The predicted octanol–water partition coefficient (Wildman–Crippen LogP) is 7.18. The molecule has 0 aliphatic carbocycles. The van der Waals surface area contributed by atoms with Crippen LogP contribution in [0.3, 0.4) is 0 Å². The number of carbonyl (C=O) groups is 1. The van der Waals surface area contributed by atoms with Crippen molar-refractivity contribution in [2.45, 2.75) is 20.5 Å². The minimum Gasteiger partial charge on any atom is -0.490 e. The van der Waals surface area contributed by atoms with Crippen molar-refractivity contribution in [2.24, 2.45) is 0 Å². The molecule has 0 bridgehead atoms. The Bertz CT molecular complexity index is 1270. The molecule has 0 saturated heterocycles. The second kappa shape index (κ2) is 11.8. The third kappa shape index (κ3) is 6.69. The molecule has 0 atom stereocenters. The van der Waals surface area contributed by atoms with Crippen LogP contribution in [0.1, 0.15) is 23.6 Å². The first-order chi connectivity index (χ1) is 16.3. The number of anilines is 1. The minimum absolute atomic E-state index is 0.0644. The van der Waals surface area contributed by atoms with Gasteiger partial charge in [0.25, 0.3) is 5.91 Å². The normalized spacial score (nSPS) is 11.0. The van der Waals surface area contributed by atoms with E-state index < -0.39 is 5.91 Å². The molecule has 0 spiro atoms. The fourth-order valence-corrected chi connectivity index (χ4v) is 3.96. The number of hydrogen-bond acceptors (Lipinski definition) is 4. The van der Waals surface area contributed by atoms with Gasteiger partial charge in [-0.15, -0.1) is 0 Å². The molecule has 0 aliphatic heterocycles. The maximum atomic E-state index is 13.1. The number of nitrogens with one attached hydrogen (secondary N) is 1. The van der Waals surface area contributed by atoms with Crippen LogP contribution in [0.2, 0.25) is 0 Å². The number of nitrogens with zero attached hydrogens (tertiary/aromatic N) is 1. The van der Waals surface area contributed by atoms with Crippen molar-refractivity contribution in [2.75, 3.05) is 11.9 Å². The molecular formula is C26H21Br2FN2O3. The molecule has 0 aromatic heterocycles. The first kappa shape index (κ1) is 25.5. The quantitative estimate of drug-likeness (QED) is 0.224. The van der Waals surface area contributed by atoms with Gasteiger partial charge in [0.15, 0.2) is 11.5 Å². The van der Waals surface area contributed by atoms with Crippen LogP contribution in [0.15, 0.2) is 69.1 Å². The standard InChI is InChI=1S/C26H21Br2FN2O3/c1-3-33-24-12-18(22(28)13-25(24)34-15-17-4-7-21(29)8-5-17)11-19(14-30)26(32)31-23-9-6-20(27)10-16(23)2/h4-13H,3,15H2,1-2H3,(H,31,32)/b19-11+. The van der Waals surface area contributed by atoms with Gasteiger partial charge in [-0.3, -0.25) is 4.79 Å². The molecule has 0 aliphatic rings. The summed E-state index contributed by atoms with van der Waals surface area (Å²) in [6.45, 7) is 4.33. The molecule has 0 unspecified atom stereocenters. The number of ether oxygens (including phenoxy) is 2. The summed E-state index contributed by atoms with van der Waals surface area (Å²) >= 11 is 6.88. The molecule has 3 aromatic rings. The van der Waals surface area contributed by atoms with Gasteiger partial charge >= 0.3 is 0 Å². The highest BCUT2D eigenvalue weighted by Crippen LogP contribution is 2.35. The molecule has 0 fully saturated rings. The molecular weight excluding hydrogens is 567 g/mol. The summed E-state index contributed by atoms with van der Waals surface area (Å²) in [6.07, 6.45) is 1.49. The molecule has 0 heterocycles. The first-order valence-corrected chi connectivity index (χ1v) is 11.9. The molecule has 0 radical (unpaired) electrons. The van der Waals surface area contributed by atoms with Crippen LogP contribution < -0.4 is 14.8 Å². The smallest absolute Gasteiger partial charge is 0.266 e. The third-order valence-electron chi connectivity index (χ3n) is 4.77. The summed E-state index contributed by atoms with van der Waals surface area (Å²) in [6, 6.07) is 16.9. The van der Waals surface area contributed by atoms with E-state index in [2.05, 4.69) is 37.2 Å². The van der Waals surface area contributed by atoms with Gasteiger partial charge in [-0.25, -0.2) is 4.39 Å². The summed E-state index contributed by atoms with van der Waals surface area (Å²) < 4.78 is 26.2. The van der Waals surface area contributed by atoms with Gasteiger partial charge in [0, 0.05) is 14.6 Å². The maximum absolute atomic E-state index is 13.1. The number of halogens is 3. The van der Waals surface area contributed by atoms with Gasteiger partial charge in [-0.05, 0) is 79.1 Å². The first-order valence-electron chi connectivity index (χ1n) is 10.3. The Morgan fingerprint density at radius 2 is 1.79 bits per heavy atom. The lowest BCUT2D eigenvalue weighted by Crippen LogP contribution is -2.14. The number of nitriles is 1. The molecule has 8 heteroatoms. The number of aryl methyl sites for hydroxylation is 1. The van der Waals surface area contributed by atoms with E-state index in [0.717, 1.165) is 15.6 Å². The average molecular weight is 588 g/mol. The Hall–Kier alpha value is -3.15. The van der Waals surface area contributed by atoms with Crippen LogP contribution in [0, 0.1) is 24.1 Å². The summed E-state index contributed by atoms with van der Waals surface area (Å²) in [5.41, 5.74) is 2.80. The number of carbonyl (C=O) groups excluding carboxylic acids is 1. The van der Waals surface area contributed by atoms with Crippen molar-refractivity contribution in [3.05, 3.63) is 91.6 Å². The Balaban J connectivity index is 1.85. The number of hydrogen-bond donors (Lipinski definition) is 1. The number of amides is 1. The van der Waals surface area contributed by atoms with Gasteiger partial charge in [0.05, 0.1) is 6.61 Å². The van der Waals surface area contributed by atoms with E-state index in [1.54, 1.807) is 30.3 Å². The SMILES string of the molecule is CCOc1cc(/C=C(\C#N)C(=O)Nc2ccc(Br)cc2C)c(Br)cc1OCc1ccc(F)cc1. The molecule has 34 heavy (non-hydrogen) atoms. The summed E-state index contributed by atoms with van der Waals surface area (Å²) in [7, 11) is 0. The van der Waals surface area contributed by atoms with Crippen LogP contribution in [0.5, 0.6) is 11.5 Å². The second-order valence-electron chi connectivity index (χ2n) is 7.25. The molecule has 5 nitrogen and oxygen atoms in total. The van der Waals surface area contributed by atoms with E-state index >= 15 is 0 Å². The van der Waals surface area contributed by atoms with Gasteiger partial charge in [0.1, 0.15) is 24.1 Å².